The van der Waals surface area contributed by atoms with Crippen LogP contribution in [0.15, 0.2) is 24.3 Å². The molecule has 6 heteroatoms. The predicted octanol–water partition coefficient (Wildman–Crippen LogP) is 1.58. The molecular formula is C17H25N3O3. The number of anilines is 1. The van der Waals surface area contributed by atoms with E-state index < -0.39 is 11.8 Å². The lowest BCUT2D eigenvalue weighted by molar-refractivity contribution is -0.144. The maximum Gasteiger partial charge on any atom is 0.314 e. The number of hydrogen-bond donors (Lipinski definition) is 1. The first kappa shape index (κ1) is 17.3. The maximum absolute atomic E-state index is 12.4. The molecule has 2 rings (SSSR count). The van der Waals surface area contributed by atoms with Crippen molar-refractivity contribution in [3.8, 4) is 5.75 Å². The van der Waals surface area contributed by atoms with E-state index in [4.69, 9.17) is 4.74 Å². The molecule has 0 saturated carbocycles. The lowest BCUT2D eigenvalue weighted by Crippen LogP contribution is -2.47. The summed E-state index contributed by atoms with van der Waals surface area (Å²) in [5, 5.41) is 2.66. The fourth-order valence-electron chi connectivity index (χ4n) is 2.74. The Morgan fingerprint density at radius 1 is 1.30 bits per heavy atom. The molecule has 1 heterocycles. The fraction of sp³-hybridized carbons (Fsp3) is 0.529. The Labute approximate surface area is 137 Å². The average Bonchev–Trinajstić information content (AvgIpc) is 2.56. The number of likely N-dealkylation sites (N-methyl/N-ethyl adjacent to an activating group) is 1. The Bertz CT molecular complexity index is 554. The van der Waals surface area contributed by atoms with E-state index in [0.29, 0.717) is 18.0 Å². The first-order valence-corrected chi connectivity index (χ1v) is 8.01. The highest BCUT2D eigenvalue weighted by molar-refractivity contribution is 6.39. The highest BCUT2D eigenvalue weighted by Crippen LogP contribution is 2.24. The lowest BCUT2D eigenvalue weighted by Gasteiger charge is -2.34. The molecule has 0 bridgehead atoms. The molecule has 126 valence electrons. The average molecular weight is 319 g/mol. The van der Waals surface area contributed by atoms with Gasteiger partial charge in [-0.15, -0.1) is 0 Å². The second-order valence-electron chi connectivity index (χ2n) is 5.83. The summed E-state index contributed by atoms with van der Waals surface area (Å²) < 4.78 is 5.46. The normalized spacial score (nSPS) is 16.0. The van der Waals surface area contributed by atoms with Gasteiger partial charge in [-0.3, -0.25) is 9.59 Å². The van der Waals surface area contributed by atoms with E-state index in [-0.39, 0.29) is 6.04 Å². The third-order valence-electron chi connectivity index (χ3n) is 4.19. The number of hydrogen-bond acceptors (Lipinski definition) is 4. The van der Waals surface area contributed by atoms with Gasteiger partial charge < -0.3 is 19.9 Å². The quantitative estimate of drug-likeness (QED) is 0.856. The molecule has 1 aliphatic rings. The maximum atomic E-state index is 12.4. The van der Waals surface area contributed by atoms with Crippen LogP contribution in [0.3, 0.4) is 0 Å². The van der Waals surface area contributed by atoms with Gasteiger partial charge in [0.1, 0.15) is 5.75 Å². The van der Waals surface area contributed by atoms with Crippen LogP contribution >= 0.6 is 0 Å². The summed E-state index contributed by atoms with van der Waals surface area (Å²) >= 11 is 0. The minimum atomic E-state index is -0.626. The smallest absolute Gasteiger partial charge is 0.314 e. The summed E-state index contributed by atoms with van der Waals surface area (Å²) in [7, 11) is 3.77. The number of nitrogens with zero attached hydrogens (tertiary/aromatic N) is 2. The third-order valence-corrected chi connectivity index (χ3v) is 4.19. The molecule has 1 aromatic carbocycles. The van der Waals surface area contributed by atoms with Crippen LogP contribution in [0, 0.1) is 0 Å². The van der Waals surface area contributed by atoms with E-state index >= 15 is 0 Å². The van der Waals surface area contributed by atoms with Crippen molar-refractivity contribution in [1.82, 2.24) is 9.80 Å². The van der Waals surface area contributed by atoms with Crippen LogP contribution in [0.2, 0.25) is 0 Å². The minimum Gasteiger partial charge on any atom is -0.492 e. The first-order chi connectivity index (χ1) is 11.0. The monoisotopic (exact) mass is 319 g/mol. The standard InChI is InChI=1S/C17H25N3O3/c1-4-23-15-8-6-5-7-14(15)18-16(21)17(22)20(3)13-9-11-19(2)12-10-13/h5-8,13H,4,9-12H2,1-3H3,(H,18,21). The van der Waals surface area contributed by atoms with Crippen molar-refractivity contribution in [2.45, 2.75) is 25.8 Å². The molecule has 0 aromatic heterocycles. The molecule has 23 heavy (non-hydrogen) atoms. The molecule has 1 aliphatic heterocycles. The Balaban J connectivity index is 1.98. The highest BCUT2D eigenvalue weighted by Gasteiger charge is 2.28. The molecular weight excluding hydrogens is 294 g/mol. The number of amides is 2. The molecule has 1 aromatic rings. The van der Waals surface area contributed by atoms with Gasteiger partial charge in [0.15, 0.2) is 0 Å². The zero-order chi connectivity index (χ0) is 16.8. The molecule has 6 nitrogen and oxygen atoms in total. The summed E-state index contributed by atoms with van der Waals surface area (Å²) in [6.45, 7) is 4.25. The van der Waals surface area contributed by atoms with Crippen LogP contribution in [0.1, 0.15) is 19.8 Å². The van der Waals surface area contributed by atoms with Gasteiger partial charge in [-0.1, -0.05) is 12.1 Å². The molecule has 2 amide bonds. The van der Waals surface area contributed by atoms with E-state index in [2.05, 4.69) is 17.3 Å². The van der Waals surface area contributed by atoms with Gasteiger partial charge in [-0.2, -0.15) is 0 Å². The number of rotatable bonds is 4. The van der Waals surface area contributed by atoms with Gasteiger partial charge in [0, 0.05) is 13.1 Å². The number of carbonyl (C=O) groups excluding carboxylic acids is 2. The van der Waals surface area contributed by atoms with Gasteiger partial charge >= 0.3 is 11.8 Å². The molecule has 0 aliphatic carbocycles. The molecule has 1 saturated heterocycles. The fourth-order valence-corrected chi connectivity index (χ4v) is 2.74. The zero-order valence-corrected chi connectivity index (χ0v) is 14.0. The van der Waals surface area contributed by atoms with Crippen molar-refractivity contribution in [3.63, 3.8) is 0 Å². The SMILES string of the molecule is CCOc1ccccc1NC(=O)C(=O)N(C)C1CCN(C)CC1. The summed E-state index contributed by atoms with van der Waals surface area (Å²) in [5.41, 5.74) is 0.518. The van der Waals surface area contributed by atoms with E-state index in [1.807, 2.05) is 13.0 Å². The van der Waals surface area contributed by atoms with Crippen molar-refractivity contribution in [2.24, 2.45) is 0 Å². The number of benzene rings is 1. The molecule has 1 N–H and O–H groups in total. The number of carbonyl (C=O) groups is 2. The summed E-state index contributed by atoms with van der Waals surface area (Å²) in [6.07, 6.45) is 1.78. The van der Waals surface area contributed by atoms with Crippen molar-refractivity contribution in [3.05, 3.63) is 24.3 Å². The summed E-state index contributed by atoms with van der Waals surface area (Å²) in [4.78, 5) is 28.4. The van der Waals surface area contributed by atoms with Gasteiger partial charge in [0.25, 0.3) is 0 Å². The largest absolute Gasteiger partial charge is 0.492 e. The van der Waals surface area contributed by atoms with Crippen LogP contribution in [-0.4, -0.2) is 61.4 Å². The third kappa shape index (κ3) is 4.45. The van der Waals surface area contributed by atoms with Crippen LogP contribution in [0.4, 0.5) is 5.69 Å². The Morgan fingerprint density at radius 2 is 1.96 bits per heavy atom. The van der Waals surface area contributed by atoms with Gasteiger partial charge in [-0.05, 0) is 52.0 Å². The topological polar surface area (TPSA) is 61.9 Å². The molecule has 0 radical (unpaired) electrons. The van der Waals surface area contributed by atoms with E-state index in [1.165, 1.54) is 0 Å². The second-order valence-corrected chi connectivity index (χ2v) is 5.83. The Kier molecular flexibility index (Phi) is 5.98. The molecule has 1 fully saturated rings. The first-order valence-electron chi connectivity index (χ1n) is 8.01. The van der Waals surface area contributed by atoms with Crippen LogP contribution < -0.4 is 10.1 Å². The second kappa shape index (κ2) is 7.97. The number of para-hydroxylation sites is 2. The van der Waals surface area contributed by atoms with Crippen LogP contribution in [-0.2, 0) is 9.59 Å². The van der Waals surface area contributed by atoms with Crippen LogP contribution in [0.25, 0.3) is 0 Å². The Hall–Kier alpha value is -2.08. The number of ether oxygens (including phenoxy) is 1. The van der Waals surface area contributed by atoms with E-state index in [9.17, 15) is 9.59 Å². The minimum absolute atomic E-state index is 0.117. The molecule has 0 spiro atoms. The summed E-state index contributed by atoms with van der Waals surface area (Å²) in [5.74, 6) is -0.567. The molecule has 0 unspecified atom stereocenters. The predicted molar refractivity (Wildman–Crippen MR) is 89.5 cm³/mol. The number of nitrogens with one attached hydrogen (secondary N) is 1. The van der Waals surface area contributed by atoms with E-state index in [0.717, 1.165) is 25.9 Å². The Morgan fingerprint density at radius 3 is 2.61 bits per heavy atom. The van der Waals surface area contributed by atoms with Gasteiger partial charge in [0.05, 0.1) is 12.3 Å². The van der Waals surface area contributed by atoms with Gasteiger partial charge in [-0.25, -0.2) is 0 Å². The molecule has 0 atom stereocenters. The van der Waals surface area contributed by atoms with Crippen molar-refractivity contribution in [1.29, 1.82) is 0 Å². The van der Waals surface area contributed by atoms with Crippen molar-refractivity contribution in [2.75, 3.05) is 39.1 Å². The van der Waals surface area contributed by atoms with Crippen molar-refractivity contribution >= 4 is 17.5 Å². The highest BCUT2D eigenvalue weighted by atomic mass is 16.5. The summed E-state index contributed by atoms with van der Waals surface area (Å²) in [6, 6.07) is 7.23. The zero-order valence-electron chi connectivity index (χ0n) is 14.0. The number of likely N-dealkylation sites (tertiary alicyclic amines) is 1. The van der Waals surface area contributed by atoms with Gasteiger partial charge in [0.2, 0.25) is 0 Å². The van der Waals surface area contributed by atoms with E-state index in [1.54, 1.807) is 30.1 Å². The number of piperidine rings is 1. The van der Waals surface area contributed by atoms with Crippen LogP contribution in [0.5, 0.6) is 5.75 Å². The van der Waals surface area contributed by atoms with Crippen molar-refractivity contribution < 1.29 is 14.3 Å². The lowest BCUT2D eigenvalue weighted by atomic mass is 10.0.